The molecule has 9 nitrogen and oxygen atoms in total. The minimum Gasteiger partial charge on any atom is -0.378 e. The normalized spacial score (nSPS) is 13.9. The van der Waals surface area contributed by atoms with Gasteiger partial charge in [0.15, 0.2) is 5.82 Å². The van der Waals surface area contributed by atoms with Crippen LogP contribution < -0.4 is 10.2 Å². The van der Waals surface area contributed by atoms with Gasteiger partial charge < -0.3 is 15.0 Å². The summed E-state index contributed by atoms with van der Waals surface area (Å²) in [6.07, 6.45) is 7.38. The van der Waals surface area contributed by atoms with E-state index in [-0.39, 0.29) is 5.91 Å². The van der Waals surface area contributed by atoms with Gasteiger partial charge in [0.25, 0.3) is 5.91 Å². The first-order valence-corrected chi connectivity index (χ1v) is 11.2. The molecule has 5 heterocycles. The van der Waals surface area contributed by atoms with E-state index in [1.807, 2.05) is 23.6 Å². The van der Waals surface area contributed by atoms with Crippen LogP contribution in [0.2, 0.25) is 0 Å². The van der Waals surface area contributed by atoms with Crippen LogP contribution in [0.1, 0.15) is 15.9 Å². The average molecular weight is 448 g/mol. The zero-order valence-electron chi connectivity index (χ0n) is 17.3. The molecule has 1 amide bonds. The molecule has 1 N–H and O–H groups in total. The van der Waals surface area contributed by atoms with E-state index >= 15 is 0 Å². The third-order valence-electron chi connectivity index (χ3n) is 5.18. The van der Waals surface area contributed by atoms with E-state index in [2.05, 4.69) is 25.2 Å². The number of nitrogens with one attached hydrogen (secondary N) is 1. The fourth-order valence-corrected chi connectivity index (χ4v) is 4.49. The van der Waals surface area contributed by atoms with E-state index in [9.17, 15) is 4.79 Å². The number of pyridine rings is 1. The third-order valence-corrected chi connectivity index (χ3v) is 6.05. The molecule has 1 aliphatic heterocycles. The Balaban J connectivity index is 1.47. The largest absolute Gasteiger partial charge is 0.378 e. The lowest BCUT2D eigenvalue weighted by Crippen LogP contribution is -2.37. The third kappa shape index (κ3) is 4.27. The Bertz CT molecular complexity index is 1210. The molecule has 0 atom stereocenters. The number of amides is 1. The molecule has 32 heavy (non-hydrogen) atoms. The Hall–Kier alpha value is -3.50. The number of rotatable bonds is 6. The fraction of sp³-hybridized carbons (Fsp3) is 0.273. The number of anilines is 1. The van der Waals surface area contributed by atoms with Crippen LogP contribution in [0, 0.1) is 0 Å². The number of ether oxygens (including phenoxy) is 1. The number of nitrogens with zero attached hydrogens (tertiary/aromatic N) is 6. The van der Waals surface area contributed by atoms with Crippen LogP contribution in [0.5, 0.6) is 0 Å². The van der Waals surface area contributed by atoms with Crippen molar-refractivity contribution in [1.82, 2.24) is 30.2 Å². The van der Waals surface area contributed by atoms with Crippen LogP contribution in [-0.4, -0.2) is 63.7 Å². The molecule has 0 aliphatic carbocycles. The molecular weight excluding hydrogens is 426 g/mol. The number of carbonyl (C=O) groups is 1. The molecule has 0 spiro atoms. The molecule has 0 radical (unpaired) electrons. The van der Waals surface area contributed by atoms with Gasteiger partial charge >= 0.3 is 0 Å². The lowest BCUT2D eigenvalue weighted by molar-refractivity contribution is 0.0956. The van der Waals surface area contributed by atoms with Crippen molar-refractivity contribution >= 4 is 33.3 Å². The molecule has 5 rings (SSSR count). The van der Waals surface area contributed by atoms with E-state index in [1.54, 1.807) is 18.6 Å². The number of morpholine rings is 1. The molecule has 0 saturated carbocycles. The summed E-state index contributed by atoms with van der Waals surface area (Å²) >= 11 is 1.44. The highest BCUT2D eigenvalue weighted by Crippen LogP contribution is 2.34. The minimum absolute atomic E-state index is 0.142. The molecule has 0 unspecified atom stereocenters. The van der Waals surface area contributed by atoms with Gasteiger partial charge in [-0.3, -0.25) is 9.78 Å². The van der Waals surface area contributed by atoms with Gasteiger partial charge in [-0.1, -0.05) is 6.07 Å². The van der Waals surface area contributed by atoms with Crippen LogP contribution in [-0.2, 0) is 11.2 Å². The fourth-order valence-electron chi connectivity index (χ4n) is 3.58. The van der Waals surface area contributed by atoms with Gasteiger partial charge in [-0.2, -0.15) is 0 Å². The van der Waals surface area contributed by atoms with Gasteiger partial charge in [0.1, 0.15) is 22.7 Å². The highest BCUT2D eigenvalue weighted by Gasteiger charge is 2.24. The quantitative estimate of drug-likeness (QED) is 0.480. The number of hydrogen-bond acceptors (Lipinski definition) is 9. The molecule has 0 bridgehead atoms. The maximum Gasteiger partial charge on any atom is 0.252 e. The summed E-state index contributed by atoms with van der Waals surface area (Å²) in [6.45, 7) is 3.14. The summed E-state index contributed by atoms with van der Waals surface area (Å²) in [7, 11) is 0. The van der Waals surface area contributed by atoms with E-state index in [1.165, 1.54) is 17.7 Å². The van der Waals surface area contributed by atoms with E-state index < -0.39 is 0 Å². The number of hydrogen-bond donors (Lipinski definition) is 1. The van der Waals surface area contributed by atoms with Crippen LogP contribution in [0.15, 0.2) is 48.5 Å². The van der Waals surface area contributed by atoms with Crippen LogP contribution in [0.4, 0.5) is 5.82 Å². The second-order valence-electron chi connectivity index (χ2n) is 7.27. The average Bonchev–Trinajstić information content (AvgIpc) is 3.29. The summed E-state index contributed by atoms with van der Waals surface area (Å²) in [5.74, 6) is 1.16. The predicted octanol–water partition coefficient (Wildman–Crippen LogP) is 2.35. The standard InChI is InChI=1S/C22H21N7O2S/c30-21(26-6-4-15-11-23-14-24-12-15)16-13-32-22-18(16)20(29-7-9-31-10-8-29)27-19(28-22)17-3-1-2-5-25-17/h1-3,5,11-14H,4,6-10H2,(H,26,30). The Labute approximate surface area is 188 Å². The zero-order valence-corrected chi connectivity index (χ0v) is 18.1. The summed E-state index contributed by atoms with van der Waals surface area (Å²) in [4.78, 5) is 38.0. The summed E-state index contributed by atoms with van der Waals surface area (Å²) in [5, 5.41) is 5.63. The van der Waals surface area contributed by atoms with Crippen LogP contribution >= 0.6 is 11.3 Å². The maximum absolute atomic E-state index is 13.1. The molecule has 1 aliphatic rings. The van der Waals surface area contributed by atoms with Gasteiger partial charge in [-0.05, 0) is 24.1 Å². The van der Waals surface area contributed by atoms with Crippen molar-refractivity contribution in [2.24, 2.45) is 0 Å². The Morgan fingerprint density at radius 3 is 2.78 bits per heavy atom. The first kappa shape index (κ1) is 20.4. The van der Waals surface area contributed by atoms with Gasteiger partial charge in [0.2, 0.25) is 0 Å². The van der Waals surface area contributed by atoms with E-state index in [4.69, 9.17) is 14.7 Å². The summed E-state index contributed by atoms with van der Waals surface area (Å²) in [5.41, 5.74) is 2.26. The minimum atomic E-state index is -0.142. The van der Waals surface area contributed by atoms with Gasteiger partial charge in [0, 0.05) is 43.6 Å². The number of carbonyl (C=O) groups excluding carboxylic acids is 1. The highest BCUT2D eigenvalue weighted by atomic mass is 32.1. The van der Waals surface area contributed by atoms with Crippen molar-refractivity contribution in [3.8, 4) is 11.5 Å². The monoisotopic (exact) mass is 447 g/mol. The van der Waals surface area contributed by atoms with Crippen molar-refractivity contribution in [2.75, 3.05) is 37.7 Å². The van der Waals surface area contributed by atoms with Crippen LogP contribution in [0.25, 0.3) is 21.7 Å². The maximum atomic E-state index is 13.1. The summed E-state index contributed by atoms with van der Waals surface area (Å²) in [6, 6.07) is 5.66. The number of fused-ring (bicyclic) bond motifs is 1. The Kier molecular flexibility index (Phi) is 5.95. The predicted molar refractivity (Wildman–Crippen MR) is 122 cm³/mol. The van der Waals surface area contributed by atoms with Crippen molar-refractivity contribution in [3.63, 3.8) is 0 Å². The van der Waals surface area contributed by atoms with Crippen molar-refractivity contribution < 1.29 is 9.53 Å². The molecule has 4 aromatic heterocycles. The second-order valence-corrected chi connectivity index (χ2v) is 8.13. The van der Waals surface area contributed by atoms with Crippen molar-refractivity contribution in [3.05, 3.63) is 59.6 Å². The summed E-state index contributed by atoms with van der Waals surface area (Å²) < 4.78 is 5.52. The first-order chi connectivity index (χ1) is 15.8. The SMILES string of the molecule is O=C(NCCc1cncnc1)c1csc2nc(-c3ccccn3)nc(N3CCOCC3)c12. The lowest BCUT2D eigenvalue weighted by Gasteiger charge is -2.28. The lowest BCUT2D eigenvalue weighted by atomic mass is 10.2. The van der Waals surface area contributed by atoms with E-state index in [0.29, 0.717) is 56.4 Å². The number of thiophene rings is 1. The molecule has 1 fully saturated rings. The Morgan fingerprint density at radius 1 is 1.16 bits per heavy atom. The molecule has 1 saturated heterocycles. The van der Waals surface area contributed by atoms with Crippen molar-refractivity contribution in [2.45, 2.75) is 6.42 Å². The van der Waals surface area contributed by atoms with Gasteiger partial charge in [-0.15, -0.1) is 11.3 Å². The number of aromatic nitrogens is 5. The molecule has 4 aromatic rings. The molecular formula is C22H21N7O2S. The highest BCUT2D eigenvalue weighted by molar-refractivity contribution is 7.17. The van der Waals surface area contributed by atoms with Crippen molar-refractivity contribution in [1.29, 1.82) is 0 Å². The topological polar surface area (TPSA) is 106 Å². The Morgan fingerprint density at radius 2 is 2.00 bits per heavy atom. The van der Waals surface area contributed by atoms with Gasteiger partial charge in [0.05, 0.1) is 24.2 Å². The smallest absolute Gasteiger partial charge is 0.252 e. The van der Waals surface area contributed by atoms with Gasteiger partial charge in [-0.25, -0.2) is 19.9 Å². The molecule has 162 valence electrons. The van der Waals surface area contributed by atoms with Crippen LogP contribution in [0.3, 0.4) is 0 Å². The van der Waals surface area contributed by atoms with E-state index in [0.717, 1.165) is 21.6 Å². The molecule has 0 aromatic carbocycles. The first-order valence-electron chi connectivity index (χ1n) is 10.3. The second kappa shape index (κ2) is 9.33. The molecule has 10 heteroatoms. The zero-order chi connectivity index (χ0) is 21.8.